The first-order valence-corrected chi connectivity index (χ1v) is 9.34. The van der Waals surface area contributed by atoms with Crippen molar-refractivity contribution in [2.45, 2.75) is 44.6 Å². The van der Waals surface area contributed by atoms with E-state index in [1.54, 1.807) is 6.92 Å². The quantitative estimate of drug-likeness (QED) is 0.792. The second-order valence-electron chi connectivity index (χ2n) is 7.50. The topological polar surface area (TPSA) is 78.5 Å². The van der Waals surface area contributed by atoms with Crippen LogP contribution >= 0.6 is 11.6 Å². The summed E-state index contributed by atoms with van der Waals surface area (Å²) < 4.78 is 0. The number of carbonyl (C=O) groups excluding carboxylic acids is 3. The third-order valence-corrected chi connectivity index (χ3v) is 5.65. The van der Waals surface area contributed by atoms with Crippen LogP contribution in [-0.4, -0.2) is 41.4 Å². The van der Waals surface area contributed by atoms with Crippen LogP contribution in [0.3, 0.4) is 0 Å². The molecule has 7 heteroatoms. The number of nitrogens with zero attached hydrogens (tertiary/aromatic N) is 1. The fourth-order valence-electron chi connectivity index (χ4n) is 3.90. The molecule has 4 amide bonds. The highest BCUT2D eigenvalue weighted by atomic mass is 35.5. The van der Waals surface area contributed by atoms with Gasteiger partial charge in [0, 0.05) is 24.0 Å². The zero-order chi connectivity index (χ0) is 18.9. The number of imide groups is 1. The van der Waals surface area contributed by atoms with Crippen molar-refractivity contribution in [2.24, 2.45) is 5.92 Å². The van der Waals surface area contributed by atoms with E-state index in [9.17, 15) is 14.4 Å². The molecule has 0 radical (unpaired) electrons. The van der Waals surface area contributed by atoms with Crippen LogP contribution in [0.4, 0.5) is 4.79 Å². The summed E-state index contributed by atoms with van der Waals surface area (Å²) in [4.78, 5) is 37.9. The van der Waals surface area contributed by atoms with Crippen molar-refractivity contribution < 1.29 is 14.4 Å². The molecular formula is C19H24ClN3O3. The minimum atomic E-state index is -1.02. The number of hydrogen-bond donors (Lipinski definition) is 2. The van der Waals surface area contributed by atoms with Crippen LogP contribution in [0.5, 0.6) is 0 Å². The number of benzene rings is 1. The molecule has 2 N–H and O–H groups in total. The Morgan fingerprint density at radius 3 is 2.42 bits per heavy atom. The van der Waals surface area contributed by atoms with Crippen molar-refractivity contribution in [3.63, 3.8) is 0 Å². The lowest BCUT2D eigenvalue weighted by Gasteiger charge is -2.35. The number of likely N-dealkylation sites (tertiary alicyclic amines) is 1. The summed E-state index contributed by atoms with van der Waals surface area (Å²) in [5.74, 6) is -0.237. The Morgan fingerprint density at radius 2 is 1.88 bits per heavy atom. The molecule has 6 nitrogen and oxygen atoms in total. The minimum absolute atomic E-state index is 0.0368. The third kappa shape index (κ3) is 3.85. The largest absolute Gasteiger partial charge is 0.342 e. The normalized spacial score (nSPS) is 25.0. The Hall–Kier alpha value is -2.08. The number of amides is 4. The summed E-state index contributed by atoms with van der Waals surface area (Å²) in [6, 6.07) is 7.40. The lowest BCUT2D eigenvalue weighted by atomic mass is 9.87. The van der Waals surface area contributed by atoms with Crippen molar-refractivity contribution in [1.29, 1.82) is 0 Å². The van der Waals surface area contributed by atoms with Crippen LogP contribution in [-0.2, 0) is 9.59 Å². The van der Waals surface area contributed by atoms with Crippen LogP contribution in [0.2, 0.25) is 5.02 Å². The van der Waals surface area contributed by atoms with Gasteiger partial charge in [0.25, 0.3) is 5.91 Å². The molecule has 0 aliphatic carbocycles. The van der Waals surface area contributed by atoms with Gasteiger partial charge in [0.1, 0.15) is 5.54 Å². The molecule has 0 bridgehead atoms. The van der Waals surface area contributed by atoms with Crippen LogP contribution in [0.25, 0.3) is 0 Å². The van der Waals surface area contributed by atoms with Crippen molar-refractivity contribution >= 4 is 29.4 Å². The van der Waals surface area contributed by atoms with E-state index < -0.39 is 11.6 Å². The van der Waals surface area contributed by atoms with Gasteiger partial charge in [-0.15, -0.1) is 0 Å². The molecule has 0 aromatic heterocycles. The van der Waals surface area contributed by atoms with Gasteiger partial charge in [0.05, 0.1) is 0 Å². The van der Waals surface area contributed by atoms with E-state index in [4.69, 9.17) is 11.6 Å². The molecule has 2 heterocycles. The van der Waals surface area contributed by atoms with E-state index >= 15 is 0 Å². The molecule has 140 valence electrons. The predicted octanol–water partition coefficient (Wildman–Crippen LogP) is 2.67. The summed E-state index contributed by atoms with van der Waals surface area (Å²) in [6.07, 6.45) is 2.11. The van der Waals surface area contributed by atoms with Gasteiger partial charge in [-0.2, -0.15) is 0 Å². The summed E-state index contributed by atoms with van der Waals surface area (Å²) >= 11 is 5.94. The summed E-state index contributed by atoms with van der Waals surface area (Å²) in [7, 11) is 0. The maximum absolute atomic E-state index is 12.8. The highest BCUT2D eigenvalue weighted by molar-refractivity contribution is 6.30. The van der Waals surface area contributed by atoms with Crippen molar-refractivity contribution in [3.8, 4) is 0 Å². The Labute approximate surface area is 158 Å². The Bertz CT molecular complexity index is 713. The van der Waals surface area contributed by atoms with Crippen molar-refractivity contribution in [2.75, 3.05) is 13.1 Å². The molecule has 2 atom stereocenters. The molecular weight excluding hydrogens is 354 g/mol. The molecule has 26 heavy (non-hydrogen) atoms. The number of hydrogen-bond acceptors (Lipinski definition) is 3. The Morgan fingerprint density at radius 1 is 1.27 bits per heavy atom. The molecule has 0 unspecified atom stereocenters. The maximum atomic E-state index is 12.8. The van der Waals surface area contributed by atoms with Crippen molar-refractivity contribution in [1.82, 2.24) is 15.5 Å². The molecule has 1 aromatic carbocycles. The molecule has 1 aromatic rings. The second-order valence-corrected chi connectivity index (χ2v) is 7.93. The number of piperidine rings is 1. The zero-order valence-electron chi connectivity index (χ0n) is 15.0. The van der Waals surface area contributed by atoms with E-state index in [1.807, 2.05) is 24.0 Å². The first kappa shape index (κ1) is 18.7. The van der Waals surface area contributed by atoms with E-state index in [-0.39, 0.29) is 17.7 Å². The second kappa shape index (κ2) is 7.27. The van der Waals surface area contributed by atoms with Gasteiger partial charge in [-0.1, -0.05) is 30.7 Å². The average molecular weight is 378 g/mol. The highest BCUT2D eigenvalue weighted by Gasteiger charge is 2.44. The van der Waals surface area contributed by atoms with Gasteiger partial charge in [-0.25, -0.2) is 4.79 Å². The number of halogens is 1. The number of carbonyl (C=O) groups is 3. The molecule has 2 fully saturated rings. The number of rotatable bonds is 4. The fourth-order valence-corrected chi connectivity index (χ4v) is 4.03. The molecule has 0 spiro atoms. The van der Waals surface area contributed by atoms with E-state index in [0.717, 1.165) is 17.9 Å². The lowest BCUT2D eigenvalue weighted by molar-refractivity contribution is -0.137. The first-order valence-electron chi connectivity index (χ1n) is 8.96. The maximum Gasteiger partial charge on any atom is 0.322 e. The van der Waals surface area contributed by atoms with Crippen LogP contribution in [0.1, 0.15) is 44.6 Å². The van der Waals surface area contributed by atoms with Gasteiger partial charge < -0.3 is 10.2 Å². The minimum Gasteiger partial charge on any atom is -0.342 e. The van der Waals surface area contributed by atoms with E-state index in [0.29, 0.717) is 25.4 Å². The monoisotopic (exact) mass is 377 g/mol. The van der Waals surface area contributed by atoms with Crippen molar-refractivity contribution in [3.05, 3.63) is 34.9 Å². The van der Waals surface area contributed by atoms with Gasteiger partial charge in [-0.05, 0) is 49.8 Å². The summed E-state index contributed by atoms with van der Waals surface area (Å²) in [5.41, 5.74) is 0.237. The van der Waals surface area contributed by atoms with E-state index in [2.05, 4.69) is 22.8 Å². The van der Waals surface area contributed by atoms with Gasteiger partial charge >= 0.3 is 6.03 Å². The van der Waals surface area contributed by atoms with Crippen LogP contribution in [0, 0.1) is 5.92 Å². The van der Waals surface area contributed by atoms with E-state index in [1.165, 1.54) is 5.56 Å². The fraction of sp³-hybridized carbons (Fsp3) is 0.526. The Kier molecular flexibility index (Phi) is 5.23. The number of nitrogens with one attached hydrogen (secondary N) is 2. The molecule has 2 aliphatic rings. The summed E-state index contributed by atoms with van der Waals surface area (Å²) in [5, 5.41) is 5.58. The molecule has 0 saturated carbocycles. The molecule has 3 rings (SSSR count). The van der Waals surface area contributed by atoms with Gasteiger partial charge in [0.15, 0.2) is 0 Å². The zero-order valence-corrected chi connectivity index (χ0v) is 15.8. The predicted molar refractivity (Wildman–Crippen MR) is 98.9 cm³/mol. The Balaban J connectivity index is 1.55. The summed E-state index contributed by atoms with van der Waals surface area (Å²) in [6.45, 7) is 4.87. The van der Waals surface area contributed by atoms with Gasteiger partial charge in [-0.3, -0.25) is 14.9 Å². The van der Waals surface area contributed by atoms with Crippen LogP contribution < -0.4 is 10.6 Å². The third-order valence-electron chi connectivity index (χ3n) is 5.40. The smallest absolute Gasteiger partial charge is 0.322 e. The average Bonchev–Trinajstić information content (AvgIpc) is 2.86. The SMILES string of the molecule is C[C@@H](C[C@@]1(C)NC(=O)NC1=O)C(=O)N1CCC(c2ccc(Cl)cc2)CC1. The molecule has 2 aliphatic heterocycles. The van der Waals surface area contributed by atoms with Gasteiger partial charge in [0.2, 0.25) is 5.91 Å². The first-order chi connectivity index (χ1) is 12.3. The standard InChI is InChI=1S/C19H24ClN3O3/c1-12(11-19(2)17(25)21-18(26)22-19)16(24)23-9-7-14(8-10-23)13-3-5-15(20)6-4-13/h3-6,12,14H,7-11H2,1-2H3,(H2,21,22,25,26)/t12-,19+/m0/s1. The lowest BCUT2D eigenvalue weighted by Crippen LogP contribution is -2.48. The highest BCUT2D eigenvalue weighted by Crippen LogP contribution is 2.30. The number of urea groups is 1. The molecule has 2 saturated heterocycles. The van der Waals surface area contributed by atoms with Crippen LogP contribution in [0.15, 0.2) is 24.3 Å².